The largest absolute Gasteiger partial charge is 0.495 e. The van der Waals surface area contributed by atoms with E-state index in [-0.39, 0.29) is 22.1 Å². The number of amides is 1. The van der Waals surface area contributed by atoms with Gasteiger partial charge >= 0.3 is 5.97 Å². The minimum Gasteiger partial charge on any atom is -0.495 e. The summed E-state index contributed by atoms with van der Waals surface area (Å²) < 4.78 is 39.3. The van der Waals surface area contributed by atoms with Crippen molar-refractivity contribution in [2.45, 2.75) is 24.8 Å². The molecule has 0 saturated heterocycles. The van der Waals surface area contributed by atoms with E-state index in [1.54, 1.807) is 36.1 Å². The zero-order valence-corrected chi connectivity index (χ0v) is 23.8. The number of sulfonamides is 1. The molecule has 4 aromatic carbocycles. The van der Waals surface area contributed by atoms with Crippen LogP contribution in [0.1, 0.15) is 27.0 Å². The van der Waals surface area contributed by atoms with Crippen molar-refractivity contribution in [1.29, 1.82) is 0 Å². The molecule has 0 radical (unpaired) electrons. The van der Waals surface area contributed by atoms with Crippen molar-refractivity contribution in [2.24, 2.45) is 0 Å². The number of carbonyl (C=O) groups excluding carboxylic acids is 2. The lowest BCUT2D eigenvalue weighted by molar-refractivity contribution is -0.135. The van der Waals surface area contributed by atoms with Gasteiger partial charge < -0.3 is 14.4 Å². The molecule has 1 N–H and O–H groups in total. The van der Waals surface area contributed by atoms with E-state index in [0.717, 1.165) is 11.1 Å². The fourth-order valence-electron chi connectivity index (χ4n) is 4.22. The van der Waals surface area contributed by atoms with Crippen molar-refractivity contribution in [3.63, 3.8) is 0 Å². The quantitative estimate of drug-likeness (QED) is 0.233. The average Bonchev–Trinajstić information content (AvgIpc) is 2.99. The summed E-state index contributed by atoms with van der Waals surface area (Å²) in [5, 5.41) is 0. The highest BCUT2D eigenvalue weighted by atomic mass is 32.2. The first-order valence-corrected chi connectivity index (χ1v) is 14.5. The number of methoxy groups -OCH3 is 1. The topological polar surface area (TPSA) is 102 Å². The maximum absolute atomic E-state index is 13.2. The number of hydrogen-bond donors (Lipinski definition) is 1. The Bertz CT molecular complexity index is 1590. The molecule has 0 unspecified atom stereocenters. The lowest BCUT2D eigenvalue weighted by Gasteiger charge is -2.23. The normalized spacial score (nSPS) is 11.0. The zero-order chi connectivity index (χ0) is 29.2. The molecule has 4 rings (SSSR count). The summed E-state index contributed by atoms with van der Waals surface area (Å²) in [6.45, 7) is 2.00. The lowest BCUT2D eigenvalue weighted by atomic mass is 10.1. The van der Waals surface area contributed by atoms with E-state index in [9.17, 15) is 18.0 Å². The smallest absolute Gasteiger partial charge is 0.338 e. The van der Waals surface area contributed by atoms with Gasteiger partial charge in [-0.15, -0.1) is 0 Å². The Labute approximate surface area is 240 Å². The Kier molecular flexibility index (Phi) is 9.76. The molecule has 0 bridgehead atoms. The number of rotatable bonds is 12. The first kappa shape index (κ1) is 29.4. The second kappa shape index (κ2) is 13.6. The number of esters is 1. The van der Waals surface area contributed by atoms with Gasteiger partial charge in [0, 0.05) is 13.1 Å². The summed E-state index contributed by atoms with van der Waals surface area (Å²) in [4.78, 5) is 27.8. The van der Waals surface area contributed by atoms with Gasteiger partial charge in [0.05, 0.1) is 23.3 Å². The highest BCUT2D eigenvalue weighted by Crippen LogP contribution is 2.27. The van der Waals surface area contributed by atoms with Gasteiger partial charge in [0.25, 0.3) is 15.9 Å². The van der Waals surface area contributed by atoms with Crippen LogP contribution in [0.5, 0.6) is 5.75 Å². The predicted molar refractivity (Wildman–Crippen MR) is 157 cm³/mol. The number of aryl methyl sites for hydroxylation is 1. The van der Waals surface area contributed by atoms with Crippen LogP contribution < -0.4 is 9.46 Å². The van der Waals surface area contributed by atoms with Crippen LogP contribution in [0.2, 0.25) is 0 Å². The van der Waals surface area contributed by atoms with Gasteiger partial charge in [0.1, 0.15) is 5.75 Å². The molecule has 0 aromatic heterocycles. The molecule has 0 atom stereocenters. The molecule has 0 aliphatic carbocycles. The van der Waals surface area contributed by atoms with E-state index in [0.29, 0.717) is 30.8 Å². The maximum Gasteiger partial charge on any atom is 0.338 e. The second-order valence-corrected chi connectivity index (χ2v) is 11.1. The molecule has 0 aliphatic heterocycles. The Morgan fingerprint density at radius 1 is 0.829 bits per heavy atom. The van der Waals surface area contributed by atoms with Crippen LogP contribution >= 0.6 is 0 Å². The Balaban J connectivity index is 1.46. The Hall–Kier alpha value is -4.63. The molecule has 9 heteroatoms. The third-order valence-corrected chi connectivity index (χ3v) is 7.86. The number of benzene rings is 4. The predicted octanol–water partition coefficient (Wildman–Crippen LogP) is 5.23. The van der Waals surface area contributed by atoms with E-state index in [2.05, 4.69) is 4.72 Å². The number of anilines is 1. The highest BCUT2D eigenvalue weighted by Gasteiger charge is 2.22. The van der Waals surface area contributed by atoms with Gasteiger partial charge in [-0.25, -0.2) is 13.2 Å². The van der Waals surface area contributed by atoms with Crippen LogP contribution in [-0.4, -0.2) is 45.5 Å². The van der Waals surface area contributed by atoms with Crippen molar-refractivity contribution in [1.82, 2.24) is 4.90 Å². The van der Waals surface area contributed by atoms with Gasteiger partial charge in [0.15, 0.2) is 6.61 Å². The van der Waals surface area contributed by atoms with Gasteiger partial charge in [-0.2, -0.15) is 0 Å². The van der Waals surface area contributed by atoms with Gasteiger partial charge in [-0.3, -0.25) is 9.52 Å². The summed E-state index contributed by atoms with van der Waals surface area (Å²) in [7, 11) is -2.60. The monoisotopic (exact) mass is 572 g/mol. The minimum atomic E-state index is -4.04. The van der Waals surface area contributed by atoms with Crippen molar-refractivity contribution < 1.29 is 27.5 Å². The van der Waals surface area contributed by atoms with Gasteiger partial charge in [-0.05, 0) is 54.3 Å². The molecule has 212 valence electrons. The van der Waals surface area contributed by atoms with Gasteiger partial charge in [0.2, 0.25) is 0 Å². The number of para-hydroxylation sites is 2. The van der Waals surface area contributed by atoms with Crippen LogP contribution in [0.4, 0.5) is 5.69 Å². The Morgan fingerprint density at radius 3 is 2.15 bits per heavy atom. The van der Waals surface area contributed by atoms with Crippen LogP contribution in [0, 0.1) is 6.92 Å². The van der Waals surface area contributed by atoms with Crippen molar-refractivity contribution in [3.05, 3.63) is 125 Å². The fourth-order valence-corrected chi connectivity index (χ4v) is 5.32. The molecule has 4 aromatic rings. The molecule has 0 heterocycles. The van der Waals surface area contributed by atoms with E-state index >= 15 is 0 Å². The van der Waals surface area contributed by atoms with Crippen LogP contribution in [-0.2, 0) is 32.5 Å². The zero-order valence-electron chi connectivity index (χ0n) is 22.9. The minimum absolute atomic E-state index is 0.0552. The van der Waals surface area contributed by atoms with E-state index in [4.69, 9.17) is 9.47 Å². The molecule has 0 aliphatic rings. The van der Waals surface area contributed by atoms with E-state index in [1.807, 2.05) is 60.7 Å². The third-order valence-electron chi connectivity index (χ3n) is 6.50. The van der Waals surface area contributed by atoms with Crippen molar-refractivity contribution in [3.8, 4) is 5.75 Å². The molecule has 0 saturated carbocycles. The Morgan fingerprint density at radius 2 is 1.46 bits per heavy atom. The van der Waals surface area contributed by atoms with Crippen LogP contribution in [0.15, 0.2) is 108 Å². The highest BCUT2D eigenvalue weighted by molar-refractivity contribution is 7.92. The van der Waals surface area contributed by atoms with E-state index in [1.165, 1.54) is 25.3 Å². The van der Waals surface area contributed by atoms with Gasteiger partial charge in [-0.1, -0.05) is 78.9 Å². The average molecular weight is 573 g/mol. The maximum atomic E-state index is 13.2. The number of ether oxygens (including phenoxy) is 2. The molecule has 41 heavy (non-hydrogen) atoms. The first-order valence-electron chi connectivity index (χ1n) is 13.1. The summed E-state index contributed by atoms with van der Waals surface area (Å²) in [5.74, 6) is -0.779. The third kappa shape index (κ3) is 7.95. The molecule has 8 nitrogen and oxygen atoms in total. The van der Waals surface area contributed by atoms with Crippen molar-refractivity contribution >= 4 is 27.6 Å². The second-order valence-electron chi connectivity index (χ2n) is 9.40. The molecular formula is C32H32N2O6S. The van der Waals surface area contributed by atoms with E-state index < -0.39 is 22.6 Å². The first-order chi connectivity index (χ1) is 19.8. The number of carbonyl (C=O) groups is 2. The van der Waals surface area contributed by atoms with Crippen LogP contribution in [0.25, 0.3) is 0 Å². The van der Waals surface area contributed by atoms with Crippen LogP contribution in [0.3, 0.4) is 0 Å². The molecule has 0 fully saturated rings. The number of nitrogens with zero attached hydrogens (tertiary/aromatic N) is 1. The molecular weight excluding hydrogens is 540 g/mol. The summed E-state index contributed by atoms with van der Waals surface area (Å²) in [6.07, 6.45) is 0.644. The van der Waals surface area contributed by atoms with Crippen molar-refractivity contribution in [2.75, 3.05) is 25.0 Å². The molecule has 0 spiro atoms. The number of hydrogen-bond acceptors (Lipinski definition) is 6. The lowest BCUT2D eigenvalue weighted by Crippen LogP contribution is -2.36. The SMILES string of the molecule is COc1ccccc1NS(=O)(=O)c1ccc(C)c(C(=O)OCC(=O)N(CCc2ccccc2)Cc2ccccc2)c1. The summed E-state index contributed by atoms with van der Waals surface area (Å²) >= 11 is 0. The summed E-state index contributed by atoms with van der Waals surface area (Å²) in [5.41, 5.74) is 2.88. The standard InChI is InChI=1S/C32H32N2O6S/c1-24-17-18-27(41(37,38)33-29-15-9-10-16-30(29)39-2)21-28(24)32(36)40-23-31(35)34(22-26-13-7-4-8-14-26)20-19-25-11-5-3-6-12-25/h3-18,21,33H,19-20,22-23H2,1-2H3. The molecule has 1 amide bonds. The summed E-state index contributed by atoms with van der Waals surface area (Å²) in [6, 6.07) is 30.2. The fraction of sp³-hybridized carbons (Fsp3) is 0.188. The number of nitrogens with one attached hydrogen (secondary N) is 1.